The van der Waals surface area contributed by atoms with Crippen LogP contribution in [0.3, 0.4) is 0 Å². The van der Waals surface area contributed by atoms with Gasteiger partial charge >= 0.3 is 0 Å². The Hall–Kier alpha value is -3.79. The Morgan fingerprint density at radius 2 is 1.92 bits per heavy atom. The molecule has 5 nitrogen and oxygen atoms in total. The molecule has 26 heavy (non-hydrogen) atoms. The maximum absolute atomic E-state index is 14.0. The summed E-state index contributed by atoms with van der Waals surface area (Å²) < 4.78 is 33.0. The zero-order chi connectivity index (χ0) is 18.5. The number of carbonyl (C=O) groups excluding carboxylic acids is 1. The summed E-state index contributed by atoms with van der Waals surface area (Å²) in [6, 6.07) is 8.37. The summed E-state index contributed by atoms with van der Waals surface area (Å²) in [4.78, 5) is 19.7. The standard InChI is InChI=1S/C19H11F2N3O2/c1-2-12-4-3-5-13(6-12)19(25)24-14-7-16(20)18(21)17(8-14)26-15-9-22-11-23-10-15/h1,3-11H,(H,24,25). The number of halogens is 2. The average Bonchev–Trinajstić information content (AvgIpc) is 2.66. The fourth-order valence-electron chi connectivity index (χ4n) is 2.13. The van der Waals surface area contributed by atoms with Gasteiger partial charge in [-0.3, -0.25) is 4.79 Å². The zero-order valence-corrected chi connectivity index (χ0v) is 13.2. The number of ether oxygens (including phenoxy) is 1. The van der Waals surface area contributed by atoms with Gasteiger partial charge < -0.3 is 10.1 Å². The number of carbonyl (C=O) groups is 1. The lowest BCUT2D eigenvalue weighted by atomic mass is 10.1. The van der Waals surface area contributed by atoms with Crippen LogP contribution in [0.5, 0.6) is 11.5 Å². The summed E-state index contributed by atoms with van der Waals surface area (Å²) in [5.74, 6) is -0.764. The predicted octanol–water partition coefficient (Wildman–Crippen LogP) is 3.78. The first kappa shape index (κ1) is 17.0. The number of nitrogens with one attached hydrogen (secondary N) is 1. The SMILES string of the molecule is C#Cc1cccc(C(=O)Nc2cc(F)c(F)c(Oc3cncnc3)c2)c1. The van der Waals surface area contributed by atoms with E-state index >= 15 is 0 Å². The van der Waals surface area contributed by atoms with Crippen molar-refractivity contribution in [2.24, 2.45) is 0 Å². The summed E-state index contributed by atoms with van der Waals surface area (Å²) in [5.41, 5.74) is 0.826. The number of aromatic nitrogens is 2. The second kappa shape index (κ2) is 7.40. The molecule has 0 bridgehead atoms. The van der Waals surface area contributed by atoms with Crippen LogP contribution < -0.4 is 10.1 Å². The molecule has 0 unspecified atom stereocenters. The molecule has 0 atom stereocenters. The lowest BCUT2D eigenvalue weighted by Crippen LogP contribution is -2.12. The Bertz CT molecular complexity index is 1000. The zero-order valence-electron chi connectivity index (χ0n) is 13.2. The highest BCUT2D eigenvalue weighted by atomic mass is 19.2. The van der Waals surface area contributed by atoms with Crippen molar-refractivity contribution < 1.29 is 18.3 Å². The van der Waals surface area contributed by atoms with E-state index in [-0.39, 0.29) is 17.0 Å². The van der Waals surface area contributed by atoms with Gasteiger partial charge in [0.05, 0.1) is 12.4 Å². The Kier molecular flexibility index (Phi) is 4.85. The molecule has 0 saturated heterocycles. The number of amides is 1. The Morgan fingerprint density at radius 3 is 2.65 bits per heavy atom. The molecule has 0 saturated carbocycles. The molecule has 1 aromatic heterocycles. The fraction of sp³-hybridized carbons (Fsp3) is 0. The van der Waals surface area contributed by atoms with Crippen molar-refractivity contribution in [1.82, 2.24) is 9.97 Å². The number of anilines is 1. The molecule has 0 aliphatic carbocycles. The summed E-state index contributed by atoms with van der Waals surface area (Å²) in [5, 5.41) is 2.48. The van der Waals surface area contributed by atoms with Gasteiger partial charge in [0.15, 0.2) is 17.3 Å². The van der Waals surface area contributed by atoms with Crippen molar-refractivity contribution in [3.63, 3.8) is 0 Å². The Balaban J connectivity index is 1.86. The van der Waals surface area contributed by atoms with E-state index in [0.717, 1.165) is 12.1 Å². The molecule has 3 rings (SSSR count). The largest absolute Gasteiger partial charge is 0.451 e. The minimum absolute atomic E-state index is 0.0202. The second-order valence-electron chi connectivity index (χ2n) is 5.13. The van der Waals surface area contributed by atoms with Crippen molar-refractivity contribution in [2.45, 2.75) is 0 Å². The van der Waals surface area contributed by atoms with Crippen LogP contribution in [0.4, 0.5) is 14.5 Å². The molecule has 3 aromatic rings. The van der Waals surface area contributed by atoms with Crippen LogP contribution >= 0.6 is 0 Å². The van der Waals surface area contributed by atoms with Gasteiger partial charge in [-0.2, -0.15) is 4.39 Å². The smallest absolute Gasteiger partial charge is 0.255 e. The molecule has 1 heterocycles. The number of terminal acetylenes is 1. The van der Waals surface area contributed by atoms with Crippen LogP contribution in [0.2, 0.25) is 0 Å². The van der Waals surface area contributed by atoms with Crippen molar-refractivity contribution in [3.8, 4) is 23.8 Å². The Morgan fingerprint density at radius 1 is 1.15 bits per heavy atom. The number of benzene rings is 2. The number of rotatable bonds is 4. The normalized spacial score (nSPS) is 10.0. The van der Waals surface area contributed by atoms with Gasteiger partial charge in [-0.1, -0.05) is 12.0 Å². The monoisotopic (exact) mass is 351 g/mol. The van der Waals surface area contributed by atoms with Gasteiger partial charge in [-0.25, -0.2) is 14.4 Å². The summed E-state index contributed by atoms with van der Waals surface area (Å²) in [7, 11) is 0. The van der Waals surface area contributed by atoms with Crippen LogP contribution in [-0.2, 0) is 0 Å². The summed E-state index contributed by atoms with van der Waals surface area (Å²) in [6.07, 6.45) is 9.16. The molecule has 0 radical (unpaired) electrons. The van der Waals surface area contributed by atoms with Gasteiger partial charge in [0.25, 0.3) is 5.91 Å². The first-order chi connectivity index (χ1) is 12.6. The average molecular weight is 351 g/mol. The maximum atomic E-state index is 14.0. The van der Waals surface area contributed by atoms with Crippen molar-refractivity contribution in [1.29, 1.82) is 0 Å². The van der Waals surface area contributed by atoms with Gasteiger partial charge in [-0.15, -0.1) is 6.42 Å². The van der Waals surface area contributed by atoms with Crippen molar-refractivity contribution in [3.05, 3.63) is 77.9 Å². The van der Waals surface area contributed by atoms with Gasteiger partial charge in [0, 0.05) is 28.9 Å². The van der Waals surface area contributed by atoms with E-state index in [1.807, 2.05) is 0 Å². The number of nitrogens with zero attached hydrogens (tertiary/aromatic N) is 2. The molecule has 7 heteroatoms. The first-order valence-corrected chi connectivity index (χ1v) is 7.37. The van der Waals surface area contributed by atoms with E-state index in [0.29, 0.717) is 5.56 Å². The van der Waals surface area contributed by atoms with Crippen molar-refractivity contribution in [2.75, 3.05) is 5.32 Å². The van der Waals surface area contributed by atoms with E-state index in [9.17, 15) is 13.6 Å². The van der Waals surface area contributed by atoms with Gasteiger partial charge in [-0.05, 0) is 18.2 Å². The molecule has 1 amide bonds. The van der Waals surface area contributed by atoms with Crippen LogP contribution in [0, 0.1) is 24.0 Å². The quantitative estimate of drug-likeness (QED) is 0.727. The van der Waals surface area contributed by atoms with E-state index < -0.39 is 23.3 Å². The number of hydrogen-bond acceptors (Lipinski definition) is 4. The highest BCUT2D eigenvalue weighted by molar-refractivity contribution is 6.04. The minimum Gasteiger partial charge on any atom is -0.451 e. The molecule has 0 fully saturated rings. The summed E-state index contributed by atoms with van der Waals surface area (Å²) >= 11 is 0. The molecule has 0 aliphatic rings. The lowest BCUT2D eigenvalue weighted by molar-refractivity contribution is 0.102. The van der Waals surface area contributed by atoms with Crippen LogP contribution in [0.1, 0.15) is 15.9 Å². The maximum Gasteiger partial charge on any atom is 0.255 e. The highest BCUT2D eigenvalue weighted by Crippen LogP contribution is 2.29. The molecule has 0 aliphatic heterocycles. The molecule has 2 aromatic carbocycles. The molecule has 1 N–H and O–H groups in total. The third-order valence-electron chi connectivity index (χ3n) is 3.31. The second-order valence-corrected chi connectivity index (χ2v) is 5.13. The van der Waals surface area contributed by atoms with Gasteiger partial charge in [0.2, 0.25) is 5.82 Å². The first-order valence-electron chi connectivity index (χ1n) is 7.37. The third kappa shape index (κ3) is 3.82. The lowest BCUT2D eigenvalue weighted by Gasteiger charge is -2.10. The van der Waals surface area contributed by atoms with Crippen LogP contribution in [-0.4, -0.2) is 15.9 Å². The molecule has 128 valence electrons. The fourth-order valence-corrected chi connectivity index (χ4v) is 2.13. The van der Waals surface area contributed by atoms with Crippen LogP contribution in [0.25, 0.3) is 0 Å². The molecule has 0 spiro atoms. The van der Waals surface area contributed by atoms with E-state index in [1.165, 1.54) is 24.8 Å². The van der Waals surface area contributed by atoms with Crippen LogP contribution in [0.15, 0.2) is 55.1 Å². The van der Waals surface area contributed by atoms with E-state index in [1.54, 1.807) is 18.2 Å². The molecular weight excluding hydrogens is 340 g/mol. The van der Waals surface area contributed by atoms with E-state index in [2.05, 4.69) is 21.2 Å². The van der Waals surface area contributed by atoms with E-state index in [4.69, 9.17) is 11.2 Å². The van der Waals surface area contributed by atoms with Gasteiger partial charge in [0.1, 0.15) is 6.33 Å². The molecular formula is C19H11F2N3O2. The number of hydrogen-bond donors (Lipinski definition) is 1. The third-order valence-corrected chi connectivity index (χ3v) is 3.31. The topological polar surface area (TPSA) is 64.1 Å². The predicted molar refractivity (Wildman–Crippen MR) is 90.8 cm³/mol. The summed E-state index contributed by atoms with van der Waals surface area (Å²) in [6.45, 7) is 0. The minimum atomic E-state index is -1.19. The Labute approximate surface area is 147 Å². The van der Waals surface area contributed by atoms with Crippen molar-refractivity contribution >= 4 is 11.6 Å². The highest BCUT2D eigenvalue weighted by Gasteiger charge is 2.15.